The lowest BCUT2D eigenvalue weighted by Crippen LogP contribution is -2.56. The number of alkyl carbamates (subject to hydrolysis) is 1. The van der Waals surface area contributed by atoms with Crippen LogP contribution < -0.4 is 5.32 Å². The molecule has 68 heavy (non-hydrogen) atoms. The molecular weight excluding hydrogens is 869 g/mol. The van der Waals surface area contributed by atoms with Crippen LogP contribution in [-0.2, 0) is 37.9 Å². The van der Waals surface area contributed by atoms with Crippen LogP contribution in [0.1, 0.15) is 83.3 Å². The Balaban J connectivity index is 1.18. The third-order valence-corrected chi connectivity index (χ3v) is 13.4. The SMILES string of the molecule is C=CCOC(=O)N(C(C)C)C1COC(OC2CC(C(=O)c3nccc4c3[nH]c3ccc(C)cc34)C(C)OC2O[C@H]2C#C/C=C\C#C[C@]3(C)CC4(OCCO4)C(NC(=O)OC)=C2/C3=C\CC)CC1C. The molecule has 0 saturated carbocycles. The minimum absolute atomic E-state index is 0.0847. The molecule has 8 rings (SSSR count). The number of ketones is 1. The van der Waals surface area contributed by atoms with E-state index in [0.29, 0.717) is 35.3 Å². The summed E-state index contributed by atoms with van der Waals surface area (Å²) < 4.78 is 50.8. The lowest BCUT2D eigenvalue weighted by atomic mass is 9.66. The van der Waals surface area contributed by atoms with Crippen molar-refractivity contribution in [3.63, 3.8) is 0 Å². The standard InChI is InChI=1S/C53H62N4O11/c1-10-16-38-44-41(17-14-12-13-15-21-52(38,8)30-53(64-24-25-65-53)48(44)56-50(59)61-9)68-49-42(67-43-27-33(6)40(29-63-43)57(31(3)4)51(60)62-23-11-2)28-36(34(7)66-49)47(58)46-45-35(20-22-54-46)37-26-32(5)18-19-39(37)55-45/h11-13,16,18-20,22,26,31,33-34,36,40-43,49,55H,2,10,23-25,27-30H2,1,3-9H3,(H,56,59)/b13-12-,38-16+/t33?,34?,36?,40?,41-,42?,43?,49?,52+/m0/s1. The number of hydrogen-bond acceptors (Lipinski definition) is 12. The first kappa shape index (κ1) is 48.7. The van der Waals surface area contributed by atoms with E-state index in [4.69, 9.17) is 37.9 Å². The second-order valence-corrected chi connectivity index (χ2v) is 18.6. The molecule has 2 aromatic heterocycles. The summed E-state index contributed by atoms with van der Waals surface area (Å²) in [6, 6.07) is 7.57. The van der Waals surface area contributed by atoms with Gasteiger partial charge in [-0.15, -0.1) is 0 Å². The largest absolute Gasteiger partial charge is 0.453 e. The molecule has 1 spiro atoms. The Hall–Kier alpha value is -5.78. The number of carbonyl (C=O) groups excluding carboxylic acids is 3. The fourth-order valence-electron chi connectivity index (χ4n) is 10.2. The fourth-order valence-corrected chi connectivity index (χ4v) is 10.2. The maximum absolute atomic E-state index is 15.0. The molecule has 3 fully saturated rings. The molecule has 9 atom stereocenters. The van der Waals surface area contributed by atoms with Crippen LogP contribution in [0.5, 0.6) is 0 Å². The van der Waals surface area contributed by atoms with Crippen LogP contribution in [0.4, 0.5) is 9.59 Å². The molecule has 15 heteroatoms. The van der Waals surface area contributed by atoms with Crippen LogP contribution in [0.15, 0.2) is 78.2 Å². The van der Waals surface area contributed by atoms with Gasteiger partial charge < -0.3 is 47.8 Å². The number of fused-ring (bicyclic) bond motifs is 5. The molecule has 2 amide bonds. The summed E-state index contributed by atoms with van der Waals surface area (Å²) in [7, 11) is 1.29. The Morgan fingerprint density at radius 3 is 2.59 bits per heavy atom. The minimum atomic E-state index is -1.42. The van der Waals surface area contributed by atoms with Gasteiger partial charge in [0.25, 0.3) is 0 Å². The van der Waals surface area contributed by atoms with E-state index < -0.39 is 60.2 Å². The fraction of sp³-hybridized carbons (Fsp3) is 0.509. The number of benzene rings is 1. The first-order chi connectivity index (χ1) is 32.7. The summed E-state index contributed by atoms with van der Waals surface area (Å²) in [6.45, 7) is 18.3. The lowest BCUT2D eigenvalue weighted by molar-refractivity contribution is -0.303. The van der Waals surface area contributed by atoms with Gasteiger partial charge in [-0.05, 0) is 89.3 Å². The third kappa shape index (κ3) is 9.61. The lowest BCUT2D eigenvalue weighted by Gasteiger charge is -2.47. The van der Waals surface area contributed by atoms with Crippen molar-refractivity contribution >= 4 is 39.8 Å². The summed E-state index contributed by atoms with van der Waals surface area (Å²) in [5.41, 5.74) is 3.65. The predicted molar refractivity (Wildman–Crippen MR) is 254 cm³/mol. The second kappa shape index (κ2) is 20.4. The maximum Gasteiger partial charge on any atom is 0.411 e. The molecule has 5 heterocycles. The van der Waals surface area contributed by atoms with E-state index in [2.05, 4.69) is 57.7 Å². The number of H-pyrrole nitrogens is 1. The molecule has 360 valence electrons. The molecule has 3 saturated heterocycles. The van der Waals surface area contributed by atoms with E-state index in [1.807, 2.05) is 66.7 Å². The monoisotopic (exact) mass is 930 g/mol. The van der Waals surface area contributed by atoms with Crippen molar-refractivity contribution in [2.24, 2.45) is 17.3 Å². The molecule has 5 aliphatic rings. The Morgan fingerprint density at radius 2 is 1.87 bits per heavy atom. The first-order valence-electron chi connectivity index (χ1n) is 23.5. The zero-order valence-electron chi connectivity index (χ0n) is 40.1. The highest BCUT2D eigenvalue weighted by Gasteiger charge is 2.56. The van der Waals surface area contributed by atoms with Crippen molar-refractivity contribution in [1.29, 1.82) is 0 Å². The van der Waals surface area contributed by atoms with E-state index in [1.165, 1.54) is 13.2 Å². The zero-order valence-corrected chi connectivity index (χ0v) is 40.1. The van der Waals surface area contributed by atoms with Gasteiger partial charge in [0.05, 0.1) is 61.6 Å². The number of methoxy groups -OCH3 is 1. The van der Waals surface area contributed by atoms with Gasteiger partial charge in [0.2, 0.25) is 5.79 Å². The van der Waals surface area contributed by atoms with E-state index in [0.717, 1.165) is 27.4 Å². The van der Waals surface area contributed by atoms with E-state index in [-0.39, 0.29) is 63.1 Å². The molecule has 2 aliphatic carbocycles. The van der Waals surface area contributed by atoms with Gasteiger partial charge >= 0.3 is 12.2 Å². The zero-order chi connectivity index (χ0) is 48.3. The highest BCUT2D eigenvalue weighted by atomic mass is 16.7. The van der Waals surface area contributed by atoms with Gasteiger partial charge in [-0.2, -0.15) is 0 Å². The van der Waals surface area contributed by atoms with Crippen molar-refractivity contribution in [3.8, 4) is 23.7 Å². The van der Waals surface area contributed by atoms with Crippen molar-refractivity contribution < 1.29 is 52.3 Å². The summed E-state index contributed by atoms with van der Waals surface area (Å²) in [5, 5.41) is 4.83. The number of nitrogens with zero attached hydrogens (tertiary/aromatic N) is 2. The van der Waals surface area contributed by atoms with E-state index in [1.54, 1.807) is 23.2 Å². The number of amides is 2. The predicted octanol–water partition coefficient (Wildman–Crippen LogP) is 8.19. The molecule has 3 aliphatic heterocycles. The Labute approximate surface area is 397 Å². The number of nitrogens with one attached hydrogen (secondary N) is 2. The van der Waals surface area contributed by atoms with E-state index in [9.17, 15) is 14.4 Å². The van der Waals surface area contributed by atoms with Crippen LogP contribution in [0.2, 0.25) is 0 Å². The number of rotatable bonds is 12. The number of pyridine rings is 1. The van der Waals surface area contributed by atoms with Crippen molar-refractivity contribution in [3.05, 3.63) is 89.4 Å². The number of allylic oxidation sites excluding steroid dienone is 3. The van der Waals surface area contributed by atoms with Gasteiger partial charge in [-0.3, -0.25) is 15.1 Å². The number of aromatic amines is 1. The highest BCUT2D eigenvalue weighted by Crippen LogP contribution is 2.52. The number of aromatic nitrogens is 2. The Bertz CT molecular complexity index is 2660. The van der Waals surface area contributed by atoms with Crippen LogP contribution in [0, 0.1) is 47.9 Å². The highest BCUT2D eigenvalue weighted by molar-refractivity contribution is 6.15. The molecular formula is C53H62N4O11. The molecule has 3 aromatic rings. The molecule has 2 bridgehead atoms. The smallest absolute Gasteiger partial charge is 0.411 e. The average molecular weight is 931 g/mol. The summed E-state index contributed by atoms with van der Waals surface area (Å²) >= 11 is 0. The van der Waals surface area contributed by atoms with Crippen molar-refractivity contribution in [2.45, 2.75) is 123 Å². The number of carbonyl (C=O) groups is 3. The van der Waals surface area contributed by atoms with Crippen molar-refractivity contribution in [1.82, 2.24) is 20.2 Å². The normalized spacial score (nSPS) is 29.8. The molecule has 0 radical (unpaired) electrons. The number of hydrogen-bond donors (Lipinski definition) is 2. The van der Waals surface area contributed by atoms with Gasteiger partial charge in [0.1, 0.15) is 24.5 Å². The second-order valence-electron chi connectivity index (χ2n) is 18.6. The van der Waals surface area contributed by atoms with Gasteiger partial charge in [-0.1, -0.05) is 67.9 Å². The van der Waals surface area contributed by atoms with Crippen LogP contribution in [0.25, 0.3) is 21.8 Å². The summed E-state index contributed by atoms with van der Waals surface area (Å²) in [5.74, 6) is 10.5. The topological polar surface area (TPSA) is 169 Å². The van der Waals surface area contributed by atoms with Crippen LogP contribution >= 0.6 is 0 Å². The average Bonchev–Trinajstić information content (AvgIpc) is 3.93. The molecule has 7 unspecified atom stereocenters. The van der Waals surface area contributed by atoms with E-state index >= 15 is 0 Å². The van der Waals surface area contributed by atoms with Crippen molar-refractivity contribution in [2.75, 3.05) is 33.5 Å². The molecule has 2 N–H and O–H groups in total. The number of aryl methyl sites for hydroxylation is 1. The quantitative estimate of drug-likeness (QED) is 0.102. The van der Waals surface area contributed by atoms with Crippen LogP contribution in [-0.4, -0.2) is 115 Å². The van der Waals surface area contributed by atoms with Gasteiger partial charge in [0, 0.05) is 46.9 Å². The molecule has 15 nitrogen and oxygen atoms in total. The number of Topliss-reactive ketones (excluding diaryl/α,β-unsaturated/α-hetero) is 1. The number of ether oxygens (including phenoxy) is 8. The first-order valence-corrected chi connectivity index (χ1v) is 23.5. The van der Waals surface area contributed by atoms with Gasteiger partial charge in [0.15, 0.2) is 18.4 Å². The van der Waals surface area contributed by atoms with Gasteiger partial charge in [-0.25, -0.2) is 9.59 Å². The third-order valence-electron chi connectivity index (χ3n) is 13.4. The molecule has 1 aromatic carbocycles. The summed E-state index contributed by atoms with van der Waals surface area (Å²) in [6.07, 6.45) is 4.27. The Kier molecular flexibility index (Phi) is 14.6. The summed E-state index contributed by atoms with van der Waals surface area (Å²) in [4.78, 5) is 51.3. The van der Waals surface area contributed by atoms with Crippen LogP contribution in [0.3, 0.4) is 0 Å². The maximum atomic E-state index is 15.0. The Morgan fingerprint density at radius 1 is 1.09 bits per heavy atom. The minimum Gasteiger partial charge on any atom is -0.453 e.